The van der Waals surface area contributed by atoms with E-state index in [-0.39, 0.29) is 0 Å². The largest absolute Gasteiger partial charge is 0.381 e. The number of nitrogens with one attached hydrogen (secondary N) is 1. The highest BCUT2D eigenvalue weighted by Gasteiger charge is 2.19. The van der Waals surface area contributed by atoms with Crippen molar-refractivity contribution in [1.82, 2.24) is 14.8 Å². The van der Waals surface area contributed by atoms with Crippen LogP contribution in [0.5, 0.6) is 0 Å². The lowest BCUT2D eigenvalue weighted by atomic mass is 9.98. The van der Waals surface area contributed by atoms with Crippen LogP contribution in [0, 0.1) is 0 Å². The number of anilines is 3. The predicted molar refractivity (Wildman–Crippen MR) is 127 cm³/mol. The summed E-state index contributed by atoms with van der Waals surface area (Å²) < 4.78 is 7.12. The van der Waals surface area contributed by atoms with Gasteiger partial charge in [-0.05, 0) is 50.5 Å². The molecule has 1 aliphatic heterocycles. The Morgan fingerprint density at radius 2 is 1.94 bits per heavy atom. The highest BCUT2D eigenvalue weighted by atomic mass is 16.5. The van der Waals surface area contributed by atoms with Crippen molar-refractivity contribution in [3.05, 3.63) is 54.5 Å². The molecular formula is C25H33N5O2. The van der Waals surface area contributed by atoms with Gasteiger partial charge in [-0.1, -0.05) is 31.4 Å². The van der Waals surface area contributed by atoms with Gasteiger partial charge in [-0.3, -0.25) is 15.0 Å². The molecule has 3 heterocycles. The van der Waals surface area contributed by atoms with Crippen LogP contribution in [0.25, 0.3) is 11.1 Å². The number of nitrogens with zero attached hydrogens (tertiary/aromatic N) is 4. The Bertz CT molecular complexity index is 1030. The van der Waals surface area contributed by atoms with Crippen LogP contribution >= 0.6 is 0 Å². The second-order valence-electron chi connectivity index (χ2n) is 8.72. The molecule has 0 bridgehead atoms. The van der Waals surface area contributed by atoms with Gasteiger partial charge in [0.1, 0.15) is 5.82 Å². The van der Waals surface area contributed by atoms with Gasteiger partial charge in [-0.15, -0.1) is 0 Å². The summed E-state index contributed by atoms with van der Waals surface area (Å²) in [5.74, 6) is 0.774. The number of aromatic nitrogens is 3. The Morgan fingerprint density at radius 3 is 2.62 bits per heavy atom. The molecule has 1 aromatic carbocycles. The molecule has 0 radical (unpaired) electrons. The van der Waals surface area contributed by atoms with Crippen molar-refractivity contribution in [2.75, 3.05) is 17.5 Å². The van der Waals surface area contributed by atoms with E-state index in [2.05, 4.69) is 29.2 Å². The summed E-state index contributed by atoms with van der Waals surface area (Å²) in [5, 5.41) is 19.4. The Labute approximate surface area is 190 Å². The lowest BCUT2D eigenvalue weighted by Gasteiger charge is -2.19. The van der Waals surface area contributed by atoms with Gasteiger partial charge in [0.25, 0.3) is 0 Å². The topological polar surface area (TPSA) is 75.4 Å². The van der Waals surface area contributed by atoms with Crippen molar-refractivity contribution in [3.8, 4) is 11.1 Å². The van der Waals surface area contributed by atoms with Gasteiger partial charge < -0.3 is 10.1 Å². The first-order valence-corrected chi connectivity index (χ1v) is 11.4. The molecule has 32 heavy (non-hydrogen) atoms. The summed E-state index contributed by atoms with van der Waals surface area (Å²) in [6, 6.07) is 10.1. The molecule has 0 amide bonds. The Hall–Kier alpha value is -2.90. The molecule has 3 aromatic rings. The molecule has 0 spiro atoms. The minimum Gasteiger partial charge on any atom is -0.381 e. The maximum atomic E-state index is 10.5. The fourth-order valence-electron chi connectivity index (χ4n) is 4.15. The van der Waals surface area contributed by atoms with Crippen molar-refractivity contribution in [2.24, 2.45) is 0 Å². The van der Waals surface area contributed by atoms with Gasteiger partial charge in [-0.25, -0.2) is 4.98 Å². The van der Waals surface area contributed by atoms with Gasteiger partial charge in [-0.2, -0.15) is 5.10 Å². The number of hydroxylamine groups is 1. The minimum atomic E-state index is 0.316. The second kappa shape index (κ2) is 10.1. The van der Waals surface area contributed by atoms with Gasteiger partial charge >= 0.3 is 0 Å². The van der Waals surface area contributed by atoms with E-state index < -0.39 is 0 Å². The second-order valence-corrected chi connectivity index (χ2v) is 8.72. The average Bonchev–Trinajstić information content (AvgIpc) is 3.27. The molecule has 2 aliphatic rings. The van der Waals surface area contributed by atoms with Gasteiger partial charge in [0.2, 0.25) is 0 Å². The first-order valence-electron chi connectivity index (χ1n) is 11.4. The molecule has 1 fully saturated rings. The Kier molecular flexibility index (Phi) is 7.07. The van der Waals surface area contributed by atoms with Crippen molar-refractivity contribution in [1.29, 1.82) is 0 Å². The average molecular weight is 436 g/mol. The molecule has 7 heteroatoms. The summed E-state index contributed by atoms with van der Waals surface area (Å²) in [5.41, 5.74) is 4.54. The first kappa shape index (κ1) is 22.3. The molecule has 1 aliphatic carbocycles. The maximum absolute atomic E-state index is 10.5. The van der Waals surface area contributed by atoms with Crippen LogP contribution in [0.2, 0.25) is 0 Å². The van der Waals surface area contributed by atoms with Crippen LogP contribution in [0.15, 0.2) is 48.9 Å². The van der Waals surface area contributed by atoms with Crippen LogP contribution in [0.1, 0.15) is 57.6 Å². The van der Waals surface area contributed by atoms with E-state index in [1.807, 2.05) is 54.5 Å². The third-order valence-electron chi connectivity index (χ3n) is 6.09. The van der Waals surface area contributed by atoms with E-state index in [0.29, 0.717) is 18.7 Å². The van der Waals surface area contributed by atoms with E-state index in [1.54, 1.807) is 6.20 Å². The zero-order valence-electron chi connectivity index (χ0n) is 19.2. The number of hydrogen-bond donors (Lipinski definition) is 2. The molecule has 0 saturated heterocycles. The zero-order valence-corrected chi connectivity index (χ0v) is 19.2. The molecule has 2 aromatic heterocycles. The fraction of sp³-hybridized carbons (Fsp3) is 0.440. The number of hydrogen-bond acceptors (Lipinski definition) is 6. The van der Waals surface area contributed by atoms with Crippen LogP contribution in [-0.2, 0) is 11.3 Å². The van der Waals surface area contributed by atoms with E-state index in [4.69, 9.17) is 4.74 Å². The zero-order chi connectivity index (χ0) is 22.5. The van der Waals surface area contributed by atoms with Crippen LogP contribution < -0.4 is 10.4 Å². The van der Waals surface area contributed by atoms with Crippen molar-refractivity contribution >= 4 is 17.2 Å². The minimum absolute atomic E-state index is 0.316. The summed E-state index contributed by atoms with van der Waals surface area (Å²) in [6.45, 7) is 4.58. The quantitative estimate of drug-likeness (QED) is 0.530. The summed E-state index contributed by atoms with van der Waals surface area (Å²) in [6.07, 6.45) is 12.9. The summed E-state index contributed by atoms with van der Waals surface area (Å²) in [4.78, 5) is 4.35. The third kappa shape index (κ3) is 5.11. The van der Waals surface area contributed by atoms with Crippen LogP contribution in [0.3, 0.4) is 0 Å². The first-order chi connectivity index (χ1) is 15.5. The molecular weight excluding hydrogens is 402 g/mol. The normalized spacial score (nSPS) is 15.8. The van der Waals surface area contributed by atoms with Crippen molar-refractivity contribution < 1.29 is 9.94 Å². The fourth-order valence-corrected chi connectivity index (χ4v) is 4.15. The van der Waals surface area contributed by atoms with E-state index in [0.717, 1.165) is 33.9 Å². The Morgan fingerprint density at radius 1 is 1.12 bits per heavy atom. The number of pyridine rings is 1. The number of rotatable bonds is 3. The lowest BCUT2D eigenvalue weighted by molar-refractivity contribution is 0.0710. The van der Waals surface area contributed by atoms with Gasteiger partial charge in [0, 0.05) is 36.7 Å². The molecule has 7 nitrogen and oxygen atoms in total. The van der Waals surface area contributed by atoms with Gasteiger partial charge in [0.05, 0.1) is 30.2 Å². The predicted octanol–water partition coefficient (Wildman–Crippen LogP) is 5.94. The third-order valence-corrected chi connectivity index (χ3v) is 6.09. The monoisotopic (exact) mass is 435 g/mol. The highest BCUT2D eigenvalue weighted by Crippen LogP contribution is 2.36. The van der Waals surface area contributed by atoms with Gasteiger partial charge in [0.15, 0.2) is 0 Å². The van der Waals surface area contributed by atoms with E-state index >= 15 is 0 Å². The highest BCUT2D eigenvalue weighted by molar-refractivity contribution is 5.81. The van der Waals surface area contributed by atoms with Crippen molar-refractivity contribution in [3.63, 3.8) is 0 Å². The number of fused-ring (bicyclic) bond motifs is 2. The molecule has 1 saturated carbocycles. The standard InChI is InChI=1S/C18H19N5O.C7H14O/c1-12(2)22-10-15(9-20-22)13-5-6-16-17(8-13)23(24)11-14-4-3-7-19-18(14)21-16;1-8-7-5-3-2-4-6-7/h3-10,12,24H,11H2,1-2H3,(H,19,21);7H,2-6H2,1H3. The van der Waals surface area contributed by atoms with Crippen molar-refractivity contribution in [2.45, 2.75) is 64.6 Å². The molecule has 0 unspecified atom stereocenters. The summed E-state index contributed by atoms with van der Waals surface area (Å²) in [7, 11) is 1.82. The lowest BCUT2D eigenvalue weighted by Crippen LogP contribution is -2.16. The number of ether oxygens (including phenoxy) is 1. The molecule has 170 valence electrons. The van der Waals surface area contributed by atoms with Crippen LogP contribution in [0.4, 0.5) is 17.2 Å². The smallest absolute Gasteiger partial charge is 0.135 e. The number of methoxy groups -OCH3 is 1. The van der Waals surface area contributed by atoms with Crippen LogP contribution in [-0.4, -0.2) is 33.2 Å². The molecule has 5 rings (SSSR count). The SMILES string of the molecule is CC(C)n1cc(-c2ccc3c(c2)N(O)Cc2cccnc2N3)cn1.COC1CCCCC1. The molecule has 2 N–H and O–H groups in total. The van der Waals surface area contributed by atoms with E-state index in [9.17, 15) is 5.21 Å². The summed E-state index contributed by atoms with van der Waals surface area (Å²) >= 11 is 0. The maximum Gasteiger partial charge on any atom is 0.135 e. The Balaban J connectivity index is 0.000000260. The molecule has 0 atom stereocenters. The van der Waals surface area contributed by atoms with E-state index in [1.165, 1.54) is 37.2 Å². The number of benzene rings is 1.